The zero-order valence-electron chi connectivity index (χ0n) is 11.8. The van der Waals surface area contributed by atoms with E-state index in [0.29, 0.717) is 0 Å². The lowest BCUT2D eigenvalue weighted by molar-refractivity contribution is 0.154. The minimum absolute atomic E-state index is 0.924. The molecule has 2 rings (SSSR count). The molecular formula is C13H25N5. The van der Waals surface area contributed by atoms with Crippen LogP contribution in [0.2, 0.25) is 0 Å². The van der Waals surface area contributed by atoms with Gasteiger partial charge in [-0.3, -0.25) is 9.58 Å². The molecule has 1 aromatic rings. The Morgan fingerprint density at radius 2 is 1.94 bits per heavy atom. The summed E-state index contributed by atoms with van der Waals surface area (Å²) in [6.45, 7) is 9.98. The Morgan fingerprint density at radius 3 is 2.56 bits per heavy atom. The first-order chi connectivity index (χ1) is 8.65. The van der Waals surface area contributed by atoms with Crippen molar-refractivity contribution >= 4 is 0 Å². The van der Waals surface area contributed by atoms with Gasteiger partial charge >= 0.3 is 0 Å². The average Bonchev–Trinajstić information content (AvgIpc) is 2.66. The molecule has 0 atom stereocenters. The van der Waals surface area contributed by atoms with Gasteiger partial charge in [0.2, 0.25) is 0 Å². The summed E-state index contributed by atoms with van der Waals surface area (Å²) in [6, 6.07) is 0. The summed E-state index contributed by atoms with van der Waals surface area (Å²) >= 11 is 0. The molecule has 0 unspecified atom stereocenters. The van der Waals surface area contributed by atoms with Gasteiger partial charge in [0, 0.05) is 64.6 Å². The van der Waals surface area contributed by atoms with Gasteiger partial charge in [0.25, 0.3) is 0 Å². The normalized spacial score (nSPS) is 18.4. The van der Waals surface area contributed by atoms with E-state index in [1.807, 2.05) is 11.7 Å². The van der Waals surface area contributed by atoms with Crippen molar-refractivity contribution in [1.82, 2.24) is 24.9 Å². The lowest BCUT2D eigenvalue weighted by Crippen LogP contribution is -2.46. The van der Waals surface area contributed by atoms with Gasteiger partial charge in [-0.25, -0.2) is 0 Å². The van der Waals surface area contributed by atoms with E-state index in [4.69, 9.17) is 0 Å². The fourth-order valence-electron chi connectivity index (χ4n) is 2.35. The summed E-state index contributed by atoms with van der Waals surface area (Å²) in [5.41, 5.74) is 2.43. The summed E-state index contributed by atoms with van der Waals surface area (Å²) in [4.78, 5) is 4.92. The summed E-state index contributed by atoms with van der Waals surface area (Å²) in [5.74, 6) is 0. The summed E-state index contributed by atoms with van der Waals surface area (Å²) in [7, 11) is 4.17. The second-order valence-corrected chi connectivity index (χ2v) is 5.24. The molecule has 1 fully saturated rings. The molecule has 5 heteroatoms. The van der Waals surface area contributed by atoms with Crippen molar-refractivity contribution in [2.75, 3.05) is 46.3 Å². The molecule has 1 saturated heterocycles. The Bertz CT molecular complexity index is 365. The molecule has 0 bridgehead atoms. The van der Waals surface area contributed by atoms with Crippen LogP contribution >= 0.6 is 0 Å². The van der Waals surface area contributed by atoms with Crippen molar-refractivity contribution < 1.29 is 0 Å². The predicted molar refractivity (Wildman–Crippen MR) is 73.6 cm³/mol. The third-order valence-corrected chi connectivity index (χ3v) is 3.63. The summed E-state index contributed by atoms with van der Waals surface area (Å²) < 4.78 is 1.88. The Balaban J connectivity index is 1.63. The molecule has 1 N–H and O–H groups in total. The second kappa shape index (κ2) is 6.31. The Hall–Kier alpha value is -0.910. The summed E-state index contributed by atoms with van der Waals surface area (Å²) in [6.07, 6.45) is 2.10. The highest BCUT2D eigenvalue weighted by Gasteiger charge is 2.12. The molecule has 2 heterocycles. The standard InChI is InChI=1S/C13H25N5/c1-12-13(11-17(3)15-12)10-14-4-5-18-8-6-16(2)7-9-18/h11,14H,4-10H2,1-3H3. The maximum absolute atomic E-state index is 4.35. The van der Waals surface area contributed by atoms with Gasteiger partial charge in [-0.1, -0.05) is 0 Å². The largest absolute Gasteiger partial charge is 0.311 e. The van der Waals surface area contributed by atoms with E-state index < -0.39 is 0 Å². The van der Waals surface area contributed by atoms with Crippen LogP contribution in [-0.4, -0.2) is 65.9 Å². The molecule has 0 radical (unpaired) electrons. The Morgan fingerprint density at radius 1 is 1.22 bits per heavy atom. The molecule has 1 aromatic heterocycles. The van der Waals surface area contributed by atoms with Crippen LogP contribution in [0.4, 0.5) is 0 Å². The van der Waals surface area contributed by atoms with Gasteiger partial charge in [0.05, 0.1) is 5.69 Å². The SMILES string of the molecule is Cc1nn(C)cc1CNCCN1CCN(C)CC1. The fraction of sp³-hybridized carbons (Fsp3) is 0.769. The van der Waals surface area contributed by atoms with E-state index in [0.717, 1.165) is 25.3 Å². The number of rotatable bonds is 5. The minimum Gasteiger partial charge on any atom is -0.311 e. The number of aryl methyl sites for hydroxylation is 2. The van der Waals surface area contributed by atoms with Gasteiger partial charge in [0.1, 0.15) is 0 Å². The van der Waals surface area contributed by atoms with Crippen LogP contribution < -0.4 is 5.32 Å². The second-order valence-electron chi connectivity index (χ2n) is 5.24. The van der Waals surface area contributed by atoms with E-state index in [-0.39, 0.29) is 0 Å². The van der Waals surface area contributed by atoms with Gasteiger partial charge in [-0.15, -0.1) is 0 Å². The van der Waals surface area contributed by atoms with Crippen molar-refractivity contribution in [3.63, 3.8) is 0 Å². The van der Waals surface area contributed by atoms with E-state index in [2.05, 4.69) is 40.4 Å². The zero-order valence-corrected chi connectivity index (χ0v) is 11.8. The van der Waals surface area contributed by atoms with E-state index >= 15 is 0 Å². The minimum atomic E-state index is 0.924. The van der Waals surface area contributed by atoms with Crippen LogP contribution in [0.5, 0.6) is 0 Å². The third kappa shape index (κ3) is 3.80. The predicted octanol–water partition coefficient (Wildman–Crippen LogP) is 0.0655. The smallest absolute Gasteiger partial charge is 0.0638 e. The van der Waals surface area contributed by atoms with Crippen LogP contribution in [0, 0.1) is 6.92 Å². The van der Waals surface area contributed by atoms with Crippen LogP contribution in [-0.2, 0) is 13.6 Å². The highest BCUT2D eigenvalue weighted by atomic mass is 15.3. The van der Waals surface area contributed by atoms with E-state index in [9.17, 15) is 0 Å². The molecule has 0 amide bonds. The fourth-order valence-corrected chi connectivity index (χ4v) is 2.35. The summed E-state index contributed by atoms with van der Waals surface area (Å²) in [5, 5.41) is 7.85. The first-order valence-corrected chi connectivity index (χ1v) is 6.76. The molecule has 0 aromatic carbocycles. The molecule has 0 spiro atoms. The van der Waals surface area contributed by atoms with Crippen molar-refractivity contribution in [2.24, 2.45) is 7.05 Å². The van der Waals surface area contributed by atoms with Gasteiger partial charge in [-0.2, -0.15) is 5.10 Å². The number of nitrogens with zero attached hydrogens (tertiary/aromatic N) is 4. The van der Waals surface area contributed by atoms with Crippen molar-refractivity contribution in [3.05, 3.63) is 17.5 Å². The number of likely N-dealkylation sites (N-methyl/N-ethyl adjacent to an activating group) is 1. The molecule has 0 saturated carbocycles. The maximum Gasteiger partial charge on any atom is 0.0638 e. The molecule has 0 aliphatic carbocycles. The highest BCUT2D eigenvalue weighted by Crippen LogP contribution is 2.03. The topological polar surface area (TPSA) is 36.3 Å². The van der Waals surface area contributed by atoms with Crippen LogP contribution in [0.1, 0.15) is 11.3 Å². The zero-order chi connectivity index (χ0) is 13.0. The highest BCUT2D eigenvalue weighted by molar-refractivity contribution is 5.14. The third-order valence-electron chi connectivity index (χ3n) is 3.63. The number of hydrogen-bond donors (Lipinski definition) is 1. The van der Waals surface area contributed by atoms with E-state index in [1.165, 1.54) is 31.7 Å². The van der Waals surface area contributed by atoms with Crippen LogP contribution in [0.15, 0.2) is 6.20 Å². The molecular weight excluding hydrogens is 226 g/mol. The first kappa shape index (κ1) is 13.5. The average molecular weight is 251 g/mol. The van der Waals surface area contributed by atoms with Crippen LogP contribution in [0.3, 0.4) is 0 Å². The lowest BCUT2D eigenvalue weighted by Gasteiger charge is -2.32. The number of piperazine rings is 1. The van der Waals surface area contributed by atoms with E-state index in [1.54, 1.807) is 0 Å². The maximum atomic E-state index is 4.35. The van der Waals surface area contributed by atoms with Crippen LogP contribution in [0.25, 0.3) is 0 Å². The number of hydrogen-bond acceptors (Lipinski definition) is 4. The lowest BCUT2D eigenvalue weighted by atomic mass is 10.2. The van der Waals surface area contributed by atoms with Crippen molar-refractivity contribution in [2.45, 2.75) is 13.5 Å². The van der Waals surface area contributed by atoms with Crippen molar-refractivity contribution in [1.29, 1.82) is 0 Å². The van der Waals surface area contributed by atoms with Gasteiger partial charge in [0.15, 0.2) is 0 Å². The quantitative estimate of drug-likeness (QED) is 0.751. The number of aromatic nitrogens is 2. The number of nitrogens with one attached hydrogen (secondary N) is 1. The first-order valence-electron chi connectivity index (χ1n) is 6.76. The monoisotopic (exact) mass is 251 g/mol. The van der Waals surface area contributed by atoms with Gasteiger partial charge < -0.3 is 10.2 Å². The molecule has 1 aliphatic rings. The Labute approximate surface area is 110 Å². The molecule has 1 aliphatic heterocycles. The molecule has 5 nitrogen and oxygen atoms in total. The molecule has 102 valence electrons. The van der Waals surface area contributed by atoms with Crippen molar-refractivity contribution in [3.8, 4) is 0 Å². The molecule has 18 heavy (non-hydrogen) atoms. The van der Waals surface area contributed by atoms with Gasteiger partial charge in [-0.05, 0) is 14.0 Å². The Kier molecular flexibility index (Phi) is 4.74.